The van der Waals surface area contributed by atoms with Crippen LogP contribution in [-0.4, -0.2) is 5.11 Å². The smallest absolute Gasteiger partial charge is 0.205 e. The number of hydrogen-bond acceptors (Lipinski definition) is 4. The van der Waals surface area contributed by atoms with Gasteiger partial charge in [0, 0.05) is 17.5 Å². The molecule has 4 nitrogen and oxygen atoms in total. The second kappa shape index (κ2) is 4.02. The lowest BCUT2D eigenvalue weighted by Gasteiger charge is -2.28. The van der Waals surface area contributed by atoms with Gasteiger partial charge in [-0.1, -0.05) is 19.9 Å². The van der Waals surface area contributed by atoms with Crippen molar-refractivity contribution >= 4 is 0 Å². The van der Waals surface area contributed by atoms with Gasteiger partial charge in [-0.05, 0) is 12.0 Å². The summed E-state index contributed by atoms with van der Waals surface area (Å²) in [6.07, 6.45) is 0. The molecule has 0 radical (unpaired) electrons. The maximum absolute atomic E-state index is 9.42. The number of benzene rings is 1. The lowest BCUT2D eigenvalue weighted by Crippen LogP contribution is -2.23. The third kappa shape index (κ3) is 1.80. The van der Waals surface area contributed by atoms with Crippen molar-refractivity contribution in [2.45, 2.75) is 19.8 Å². The van der Waals surface area contributed by atoms with E-state index in [0.29, 0.717) is 11.3 Å². The maximum atomic E-state index is 9.42. The first-order valence-electron chi connectivity index (χ1n) is 5.45. The molecule has 1 aliphatic rings. The lowest BCUT2D eigenvalue weighted by molar-refractivity contribution is 0.368. The minimum atomic E-state index is -0.0793. The number of nitrogens with two attached hydrogens (primary N) is 1. The first kappa shape index (κ1) is 11.3. The molecule has 0 amide bonds. The van der Waals surface area contributed by atoms with E-state index >= 15 is 0 Å². The second-order valence-electron chi connectivity index (χ2n) is 4.44. The van der Waals surface area contributed by atoms with Crippen LogP contribution in [0.15, 0.2) is 29.7 Å². The summed E-state index contributed by atoms with van der Waals surface area (Å²) in [5, 5.41) is 18.6. The number of aromatic hydroxyl groups is 1. The summed E-state index contributed by atoms with van der Waals surface area (Å²) in [6, 6.07) is 7.00. The van der Waals surface area contributed by atoms with Crippen LogP contribution in [-0.2, 0) is 0 Å². The molecule has 1 atom stereocenters. The molecule has 88 valence electrons. The van der Waals surface area contributed by atoms with Crippen LogP contribution in [0.4, 0.5) is 0 Å². The van der Waals surface area contributed by atoms with E-state index in [0.717, 1.165) is 5.56 Å². The summed E-state index contributed by atoms with van der Waals surface area (Å²) in [5.74, 6) is 0.934. The molecular weight excluding hydrogens is 216 g/mol. The van der Waals surface area contributed by atoms with Gasteiger partial charge in [-0.15, -0.1) is 0 Å². The Kier molecular flexibility index (Phi) is 2.68. The van der Waals surface area contributed by atoms with Crippen LogP contribution in [0.2, 0.25) is 0 Å². The largest absolute Gasteiger partial charge is 0.508 e. The summed E-state index contributed by atoms with van der Waals surface area (Å²) in [6.45, 7) is 4.05. The normalized spacial score (nSPS) is 18.6. The van der Waals surface area contributed by atoms with Gasteiger partial charge in [-0.2, -0.15) is 5.26 Å². The van der Waals surface area contributed by atoms with Crippen LogP contribution in [0, 0.1) is 17.2 Å². The van der Waals surface area contributed by atoms with Gasteiger partial charge in [0.2, 0.25) is 5.88 Å². The highest BCUT2D eigenvalue weighted by atomic mass is 16.5. The summed E-state index contributed by atoms with van der Waals surface area (Å²) in [5.41, 5.74) is 7.08. The van der Waals surface area contributed by atoms with Crippen molar-refractivity contribution in [2.24, 2.45) is 11.7 Å². The number of rotatable bonds is 1. The van der Waals surface area contributed by atoms with E-state index in [1.165, 1.54) is 6.07 Å². The highest BCUT2D eigenvalue weighted by molar-refractivity contribution is 5.52. The number of hydrogen-bond donors (Lipinski definition) is 2. The van der Waals surface area contributed by atoms with Gasteiger partial charge in [0.1, 0.15) is 17.6 Å². The van der Waals surface area contributed by atoms with Gasteiger partial charge in [-0.25, -0.2) is 0 Å². The van der Waals surface area contributed by atoms with Gasteiger partial charge in [0.05, 0.1) is 5.57 Å². The van der Waals surface area contributed by atoms with Crippen molar-refractivity contribution in [3.8, 4) is 17.6 Å². The van der Waals surface area contributed by atoms with Crippen LogP contribution >= 0.6 is 0 Å². The Bertz CT molecular complexity index is 527. The molecule has 0 saturated heterocycles. The van der Waals surface area contributed by atoms with Crippen LogP contribution in [0.25, 0.3) is 0 Å². The molecule has 1 aromatic carbocycles. The van der Waals surface area contributed by atoms with Gasteiger partial charge in [-0.3, -0.25) is 0 Å². The molecular formula is C13H14N2O2. The summed E-state index contributed by atoms with van der Waals surface area (Å²) in [4.78, 5) is 0. The fourth-order valence-corrected chi connectivity index (χ4v) is 2.17. The molecule has 0 aliphatic carbocycles. The van der Waals surface area contributed by atoms with E-state index in [1.54, 1.807) is 12.1 Å². The number of nitriles is 1. The van der Waals surface area contributed by atoms with Crippen LogP contribution in [0.1, 0.15) is 25.3 Å². The van der Waals surface area contributed by atoms with E-state index in [9.17, 15) is 5.11 Å². The van der Waals surface area contributed by atoms with Crippen molar-refractivity contribution in [1.82, 2.24) is 0 Å². The molecule has 17 heavy (non-hydrogen) atoms. The van der Waals surface area contributed by atoms with Crippen molar-refractivity contribution in [2.75, 3.05) is 0 Å². The number of fused-ring (bicyclic) bond motifs is 1. The van der Waals surface area contributed by atoms with Gasteiger partial charge in [0.15, 0.2) is 0 Å². The predicted octanol–water partition coefficient (Wildman–Crippen LogP) is 2.22. The van der Waals surface area contributed by atoms with Crippen LogP contribution in [0.5, 0.6) is 11.5 Å². The zero-order valence-electron chi connectivity index (χ0n) is 9.77. The molecule has 0 unspecified atom stereocenters. The van der Waals surface area contributed by atoms with Gasteiger partial charge >= 0.3 is 0 Å². The molecule has 2 rings (SSSR count). The molecule has 4 heteroatoms. The quantitative estimate of drug-likeness (QED) is 0.775. The molecule has 0 fully saturated rings. The average Bonchev–Trinajstić information content (AvgIpc) is 2.26. The number of nitrogens with zero attached hydrogens (tertiary/aromatic N) is 1. The third-order valence-corrected chi connectivity index (χ3v) is 2.92. The second-order valence-corrected chi connectivity index (χ2v) is 4.44. The number of phenols is 1. The van der Waals surface area contributed by atoms with Crippen molar-refractivity contribution in [3.05, 3.63) is 35.2 Å². The summed E-state index contributed by atoms with van der Waals surface area (Å²) < 4.78 is 5.37. The zero-order valence-corrected chi connectivity index (χ0v) is 9.77. The molecule has 0 aromatic heterocycles. The standard InChI is InChI=1S/C13H14N2O2/c1-7(2)12-9-4-3-8(16)5-11(9)17-13(15)10(12)6-14/h3-5,7,12,16H,15H2,1-2H3/t12-/m0/s1. The average molecular weight is 230 g/mol. The highest BCUT2D eigenvalue weighted by Gasteiger charge is 2.31. The topological polar surface area (TPSA) is 79.3 Å². The zero-order chi connectivity index (χ0) is 12.6. The molecule has 0 bridgehead atoms. The highest BCUT2D eigenvalue weighted by Crippen LogP contribution is 2.43. The predicted molar refractivity (Wildman–Crippen MR) is 63.1 cm³/mol. The Morgan fingerprint density at radius 1 is 1.47 bits per heavy atom. The number of ether oxygens (including phenoxy) is 1. The van der Waals surface area contributed by atoms with Gasteiger partial charge in [0.25, 0.3) is 0 Å². The monoisotopic (exact) mass is 230 g/mol. The van der Waals surface area contributed by atoms with Crippen molar-refractivity contribution < 1.29 is 9.84 Å². The minimum Gasteiger partial charge on any atom is -0.508 e. The maximum Gasteiger partial charge on any atom is 0.205 e. The molecule has 3 N–H and O–H groups in total. The summed E-state index contributed by atoms with van der Waals surface area (Å²) in [7, 11) is 0. The van der Waals surface area contributed by atoms with Crippen LogP contribution < -0.4 is 10.5 Å². The molecule has 1 aromatic rings. The van der Waals surface area contributed by atoms with E-state index in [2.05, 4.69) is 6.07 Å². The SMILES string of the molecule is CC(C)[C@@H]1C(C#N)=C(N)Oc2cc(O)ccc21. The minimum absolute atomic E-state index is 0.0793. The molecule has 1 heterocycles. The van der Waals surface area contributed by atoms with Crippen molar-refractivity contribution in [1.29, 1.82) is 5.26 Å². The molecule has 1 aliphatic heterocycles. The molecule has 0 spiro atoms. The Balaban J connectivity index is 2.60. The first-order chi connectivity index (χ1) is 8.04. The van der Waals surface area contributed by atoms with Gasteiger partial charge < -0.3 is 15.6 Å². The number of phenolic OH excluding ortho intramolecular Hbond substituents is 1. The lowest BCUT2D eigenvalue weighted by atomic mass is 9.81. The Morgan fingerprint density at radius 3 is 2.76 bits per heavy atom. The Labute approximate surface area is 99.9 Å². The van der Waals surface area contributed by atoms with Crippen LogP contribution in [0.3, 0.4) is 0 Å². The van der Waals surface area contributed by atoms with E-state index in [4.69, 9.17) is 15.7 Å². The van der Waals surface area contributed by atoms with E-state index in [-0.39, 0.29) is 23.5 Å². The van der Waals surface area contributed by atoms with E-state index < -0.39 is 0 Å². The molecule has 0 saturated carbocycles. The Morgan fingerprint density at radius 2 is 2.18 bits per heavy atom. The van der Waals surface area contributed by atoms with E-state index in [1.807, 2.05) is 13.8 Å². The van der Waals surface area contributed by atoms with Crippen molar-refractivity contribution in [3.63, 3.8) is 0 Å². The fourth-order valence-electron chi connectivity index (χ4n) is 2.17. The first-order valence-corrected chi connectivity index (χ1v) is 5.45. The summed E-state index contributed by atoms with van der Waals surface area (Å²) >= 11 is 0. The third-order valence-electron chi connectivity index (χ3n) is 2.92. The Hall–Kier alpha value is -2.15. The fraction of sp³-hybridized carbons (Fsp3) is 0.308. The number of allylic oxidation sites excluding steroid dienone is 1.